The Labute approximate surface area is 426 Å². The van der Waals surface area contributed by atoms with Crippen LogP contribution in [0.15, 0.2) is 71.7 Å². The van der Waals surface area contributed by atoms with Gasteiger partial charge in [0.15, 0.2) is 5.82 Å². The van der Waals surface area contributed by atoms with Crippen LogP contribution in [0.3, 0.4) is 0 Å². The average molecular weight is 1020 g/mol. The molecule has 0 aliphatic carbocycles. The van der Waals surface area contributed by atoms with Crippen molar-refractivity contribution in [2.45, 2.75) is 83.7 Å². The zero-order valence-corrected chi connectivity index (χ0v) is 42.6. The van der Waals surface area contributed by atoms with Crippen molar-refractivity contribution in [2.75, 3.05) is 70.6 Å². The minimum Gasteiger partial charge on any atom is -0.495 e. The molecule has 1 atom stereocenters. The van der Waals surface area contributed by atoms with Gasteiger partial charge in [-0.3, -0.25) is 19.1 Å². The fourth-order valence-electron chi connectivity index (χ4n) is 9.79. The molecule has 4 N–H and O–H groups in total. The van der Waals surface area contributed by atoms with Crippen LogP contribution in [0.5, 0.6) is 5.75 Å². The van der Waals surface area contributed by atoms with E-state index in [2.05, 4.69) is 74.0 Å². The summed E-state index contributed by atoms with van der Waals surface area (Å²) in [5.41, 5.74) is 6.41. The molecule has 0 saturated carbocycles. The van der Waals surface area contributed by atoms with Crippen LogP contribution in [0.2, 0.25) is 5.02 Å². The number of aryl methyl sites for hydroxylation is 2. The van der Waals surface area contributed by atoms with Gasteiger partial charge < -0.3 is 40.4 Å². The number of halogens is 4. The van der Waals surface area contributed by atoms with Crippen molar-refractivity contribution in [2.24, 2.45) is 4.99 Å². The number of nitrogens with zero attached hydrogens (tertiary/aromatic N) is 7. The number of rotatable bonds is 14. The molecule has 6 heterocycles. The fourth-order valence-corrected chi connectivity index (χ4v) is 11.1. The Morgan fingerprint density at radius 1 is 0.931 bits per heavy atom. The Bertz CT molecular complexity index is 3050. The molecule has 378 valence electrons. The van der Waals surface area contributed by atoms with E-state index in [0.29, 0.717) is 51.8 Å². The summed E-state index contributed by atoms with van der Waals surface area (Å²) in [7, 11) is 3.60. The Morgan fingerprint density at radius 2 is 1.68 bits per heavy atom. The van der Waals surface area contributed by atoms with Crippen LogP contribution in [0.1, 0.15) is 87.4 Å². The van der Waals surface area contributed by atoms with Gasteiger partial charge >= 0.3 is 6.18 Å². The molecule has 3 aliphatic rings. The van der Waals surface area contributed by atoms with Gasteiger partial charge in [0.2, 0.25) is 5.91 Å². The molecule has 9 rings (SSSR count). The van der Waals surface area contributed by atoms with E-state index in [1.54, 1.807) is 47.7 Å². The molecule has 2 amide bonds. The highest BCUT2D eigenvalue weighted by atomic mass is 35.5. The lowest BCUT2D eigenvalue weighted by Gasteiger charge is -2.32. The normalized spacial score (nSPS) is 16.8. The Morgan fingerprint density at radius 3 is 2.42 bits per heavy atom. The van der Waals surface area contributed by atoms with Gasteiger partial charge in [-0.2, -0.15) is 13.2 Å². The largest absolute Gasteiger partial charge is 0.495 e. The van der Waals surface area contributed by atoms with E-state index in [1.807, 2.05) is 41.8 Å². The number of carbonyl (C=O) groups is 2. The van der Waals surface area contributed by atoms with Crippen LogP contribution >= 0.6 is 22.9 Å². The number of amides is 2. The number of anilines is 2. The molecule has 72 heavy (non-hydrogen) atoms. The minimum absolute atomic E-state index is 0.0316. The van der Waals surface area contributed by atoms with Crippen molar-refractivity contribution < 1.29 is 27.5 Å². The first-order valence-electron chi connectivity index (χ1n) is 24.3. The summed E-state index contributed by atoms with van der Waals surface area (Å²) in [6.45, 7) is 9.61. The maximum atomic E-state index is 13.8. The number of piperidine rings is 2. The second-order valence-corrected chi connectivity index (χ2v) is 20.4. The van der Waals surface area contributed by atoms with Crippen molar-refractivity contribution >= 4 is 62.7 Å². The highest BCUT2D eigenvalue weighted by molar-refractivity contribution is 7.15. The molecule has 19 heteroatoms. The summed E-state index contributed by atoms with van der Waals surface area (Å²) in [5, 5.41) is 24.3. The van der Waals surface area contributed by atoms with E-state index in [4.69, 9.17) is 21.3 Å². The standard InChI is InChI=1S/C53H59ClF3N11O3S/c1-32-33(2)72-52-48(32)49(35-11-14-37(54)15-12-35)62-44(50-64-63-34(3)68(50)52)30-47(69)59-22-27-66-25-19-39(20-26-66)61-51(70)36-13-16-43(46(28-36)71-5)58-21-7-8-40-29-41-42(60-38-17-23-65(4)24-18-38)9-6-10-45(41)67(40)31-53(55,56)57/h6,9-16,28-29,38-39,44,58,60H,17-27,30-31H2,1-5H3,(H,59,69)(H,61,70)/t44-/m0/s1. The van der Waals surface area contributed by atoms with Gasteiger partial charge in [0.05, 0.1) is 42.7 Å². The second kappa shape index (κ2) is 21.8. The quantitative estimate of drug-likeness (QED) is 0.0788. The first kappa shape index (κ1) is 50.5. The second-order valence-electron chi connectivity index (χ2n) is 18.8. The van der Waals surface area contributed by atoms with E-state index in [0.717, 1.165) is 90.8 Å². The van der Waals surface area contributed by atoms with E-state index in [1.165, 1.54) is 16.6 Å². The lowest BCUT2D eigenvalue weighted by Crippen LogP contribution is -2.46. The van der Waals surface area contributed by atoms with Crippen LogP contribution in [-0.4, -0.2) is 125 Å². The van der Waals surface area contributed by atoms with Crippen LogP contribution in [0.4, 0.5) is 24.5 Å². The number of ether oxygens (including phenoxy) is 1. The molecule has 0 radical (unpaired) electrons. The number of hydrogen-bond acceptors (Lipinski definition) is 11. The highest BCUT2D eigenvalue weighted by Crippen LogP contribution is 2.40. The number of thiophene rings is 1. The van der Waals surface area contributed by atoms with E-state index in [-0.39, 0.29) is 42.6 Å². The molecule has 2 saturated heterocycles. The zero-order chi connectivity index (χ0) is 50.7. The molecule has 2 fully saturated rings. The molecular weight excluding hydrogens is 963 g/mol. The minimum atomic E-state index is -4.43. The first-order chi connectivity index (χ1) is 34.6. The number of hydrogen-bond donors (Lipinski definition) is 4. The SMILES string of the molecule is COc1cc(C(=O)NC2CCN(CCNC(=O)C[C@@H]3N=C(c4ccc(Cl)cc4)c4c(sc(C)c4C)-n4c(C)nnc43)CC2)ccc1NCC#Cc1cc2c(NC3CCN(C)CC3)cccc2n1CC(F)(F)F. The third-order valence-corrected chi connectivity index (χ3v) is 15.3. The van der Waals surface area contributed by atoms with Gasteiger partial charge in [-0.15, -0.1) is 21.5 Å². The summed E-state index contributed by atoms with van der Waals surface area (Å²) < 4.78 is 50.4. The number of aliphatic imine (C=N–C) groups is 1. The van der Waals surface area contributed by atoms with E-state index < -0.39 is 18.8 Å². The maximum absolute atomic E-state index is 13.8. The van der Waals surface area contributed by atoms with Crippen molar-refractivity contribution in [1.29, 1.82) is 0 Å². The number of nitrogens with one attached hydrogen (secondary N) is 4. The monoisotopic (exact) mass is 1020 g/mol. The molecule has 6 aromatic rings. The smallest absolute Gasteiger partial charge is 0.406 e. The van der Waals surface area contributed by atoms with Gasteiger partial charge in [0.1, 0.15) is 29.2 Å². The fraction of sp³-hybridized carbons (Fsp3) is 0.415. The average Bonchev–Trinajstić information content (AvgIpc) is 3.98. The maximum Gasteiger partial charge on any atom is 0.406 e. The molecular formula is C53H59ClF3N11O3S. The van der Waals surface area contributed by atoms with Crippen molar-refractivity contribution in [3.05, 3.63) is 116 Å². The molecule has 0 spiro atoms. The summed E-state index contributed by atoms with van der Waals surface area (Å²) in [6, 6.07) is 19.5. The molecule has 14 nitrogen and oxygen atoms in total. The number of alkyl halides is 3. The molecule has 3 aromatic carbocycles. The van der Waals surface area contributed by atoms with Crippen LogP contribution in [0, 0.1) is 32.6 Å². The number of likely N-dealkylation sites (tertiary alicyclic amines) is 2. The zero-order valence-electron chi connectivity index (χ0n) is 41.1. The lowest BCUT2D eigenvalue weighted by molar-refractivity contribution is -0.140. The number of fused-ring (bicyclic) bond motifs is 4. The van der Waals surface area contributed by atoms with Gasteiger partial charge in [-0.05, 0) is 127 Å². The number of carbonyl (C=O) groups excluding carboxylic acids is 2. The topological polar surface area (TPSA) is 146 Å². The molecule has 0 unspecified atom stereocenters. The van der Waals surface area contributed by atoms with Gasteiger partial charge in [0, 0.05) is 75.9 Å². The number of aromatic nitrogens is 4. The van der Waals surface area contributed by atoms with E-state index in [9.17, 15) is 22.8 Å². The third kappa shape index (κ3) is 11.4. The summed E-state index contributed by atoms with van der Waals surface area (Å²) in [5.74, 6) is 7.41. The molecule has 3 aliphatic heterocycles. The Kier molecular flexibility index (Phi) is 15.3. The van der Waals surface area contributed by atoms with E-state index >= 15 is 0 Å². The number of methoxy groups -OCH3 is 1. The lowest BCUT2D eigenvalue weighted by atomic mass is 9.99. The van der Waals surface area contributed by atoms with Crippen LogP contribution in [-0.2, 0) is 11.3 Å². The third-order valence-electron chi connectivity index (χ3n) is 13.8. The first-order valence-corrected chi connectivity index (χ1v) is 25.5. The van der Waals surface area contributed by atoms with Gasteiger partial charge in [0.25, 0.3) is 5.91 Å². The van der Waals surface area contributed by atoms with Gasteiger partial charge in [-0.1, -0.05) is 35.7 Å². The highest BCUT2D eigenvalue weighted by Gasteiger charge is 2.33. The molecule has 3 aromatic heterocycles. The number of benzene rings is 3. The Balaban J connectivity index is 0.763. The van der Waals surface area contributed by atoms with Crippen molar-refractivity contribution in [1.82, 2.24) is 39.8 Å². The summed E-state index contributed by atoms with van der Waals surface area (Å²) >= 11 is 7.93. The predicted molar refractivity (Wildman–Crippen MR) is 278 cm³/mol. The summed E-state index contributed by atoms with van der Waals surface area (Å²) in [4.78, 5) is 38.0. The Hall–Kier alpha value is -6.39. The van der Waals surface area contributed by atoms with Crippen molar-refractivity contribution in [3.63, 3.8) is 0 Å². The van der Waals surface area contributed by atoms with Crippen LogP contribution < -0.4 is 26.0 Å². The molecule has 0 bridgehead atoms. The van der Waals surface area contributed by atoms with Gasteiger partial charge in [-0.25, -0.2) is 0 Å². The van der Waals surface area contributed by atoms with Crippen LogP contribution in [0.25, 0.3) is 15.9 Å². The summed E-state index contributed by atoms with van der Waals surface area (Å²) in [6.07, 6.45) is -0.938. The van der Waals surface area contributed by atoms with Crippen molar-refractivity contribution in [3.8, 4) is 22.6 Å². The predicted octanol–water partition coefficient (Wildman–Crippen LogP) is 8.70.